The van der Waals surface area contributed by atoms with Crippen molar-refractivity contribution < 1.29 is 37.1 Å². The minimum Gasteiger partial charge on any atom is -0.399 e. The zero-order valence-electron chi connectivity index (χ0n) is 25.0. The van der Waals surface area contributed by atoms with Gasteiger partial charge in [-0.25, -0.2) is 0 Å². The molecule has 0 bridgehead atoms. The van der Waals surface area contributed by atoms with Crippen molar-refractivity contribution >= 4 is 35.1 Å². The molecule has 0 aromatic heterocycles. The first-order valence-corrected chi connectivity index (χ1v) is 14.4. The Labute approximate surface area is 253 Å². The van der Waals surface area contributed by atoms with E-state index >= 15 is 0 Å². The van der Waals surface area contributed by atoms with Gasteiger partial charge in [0, 0.05) is 29.9 Å². The number of benzene rings is 2. The minimum atomic E-state index is -5.12. The van der Waals surface area contributed by atoms with E-state index in [-0.39, 0.29) is 31.0 Å². The first-order valence-electron chi connectivity index (χ1n) is 14.4. The number of likely N-dealkylation sites (tertiary alicyclic amines) is 1. The number of alkyl halides is 3. The van der Waals surface area contributed by atoms with Gasteiger partial charge in [-0.2, -0.15) is 13.2 Å². The first kappa shape index (κ1) is 34.1. The van der Waals surface area contributed by atoms with Crippen molar-refractivity contribution in [3.63, 3.8) is 0 Å². The molecule has 3 rings (SSSR count). The van der Waals surface area contributed by atoms with Crippen molar-refractivity contribution in [1.82, 2.24) is 20.9 Å². The van der Waals surface area contributed by atoms with Crippen LogP contribution in [-0.2, 0) is 20.9 Å². The minimum absolute atomic E-state index is 0.162. The fourth-order valence-electron chi connectivity index (χ4n) is 4.87. The third-order valence-corrected chi connectivity index (χ3v) is 7.43. The molecule has 10 nitrogen and oxygen atoms in total. The van der Waals surface area contributed by atoms with E-state index in [1.807, 2.05) is 0 Å². The molecule has 1 unspecified atom stereocenters. The number of ketones is 1. The SMILES string of the molecule is CC(C)C(NC(=O)[C@@H]1CCCN1C(=O)[C@@H](NC(=O)c1ccc(C(=O)NCc2ccc(N)cc2)cc1)C(C)C)C(=O)C(F)(F)F. The maximum atomic E-state index is 13.6. The van der Waals surface area contributed by atoms with Gasteiger partial charge in [0.15, 0.2) is 0 Å². The maximum Gasteiger partial charge on any atom is 0.452 e. The Morgan fingerprint density at radius 2 is 1.39 bits per heavy atom. The molecule has 238 valence electrons. The normalized spacial score (nSPS) is 16.4. The van der Waals surface area contributed by atoms with Gasteiger partial charge in [-0.15, -0.1) is 0 Å². The van der Waals surface area contributed by atoms with Crippen LogP contribution in [0.4, 0.5) is 18.9 Å². The van der Waals surface area contributed by atoms with Gasteiger partial charge >= 0.3 is 6.18 Å². The van der Waals surface area contributed by atoms with Gasteiger partial charge in [-0.3, -0.25) is 24.0 Å². The molecule has 1 aliphatic heterocycles. The maximum absolute atomic E-state index is 13.6. The molecule has 13 heteroatoms. The Kier molecular flexibility index (Phi) is 11.1. The molecule has 4 amide bonds. The number of rotatable bonds is 11. The van der Waals surface area contributed by atoms with E-state index in [0.29, 0.717) is 17.7 Å². The van der Waals surface area contributed by atoms with Gasteiger partial charge in [0.1, 0.15) is 12.1 Å². The summed E-state index contributed by atoms with van der Waals surface area (Å²) in [5.74, 6) is -5.64. The second-order valence-corrected chi connectivity index (χ2v) is 11.5. The Morgan fingerprint density at radius 1 is 0.841 bits per heavy atom. The topological polar surface area (TPSA) is 151 Å². The van der Waals surface area contributed by atoms with Crippen LogP contribution in [0.1, 0.15) is 66.8 Å². The molecule has 0 spiro atoms. The molecule has 2 aromatic carbocycles. The van der Waals surface area contributed by atoms with Crippen LogP contribution in [-0.4, -0.2) is 65.2 Å². The second-order valence-electron chi connectivity index (χ2n) is 11.5. The number of carbonyl (C=O) groups is 5. The first-order chi connectivity index (χ1) is 20.6. The van der Waals surface area contributed by atoms with Crippen LogP contribution >= 0.6 is 0 Å². The lowest BCUT2D eigenvalue weighted by Gasteiger charge is -2.32. The van der Waals surface area contributed by atoms with E-state index in [2.05, 4.69) is 16.0 Å². The van der Waals surface area contributed by atoms with Gasteiger partial charge in [0.2, 0.25) is 11.8 Å². The van der Waals surface area contributed by atoms with Crippen LogP contribution in [0.5, 0.6) is 0 Å². The van der Waals surface area contributed by atoms with Gasteiger partial charge in [0.05, 0.1) is 6.04 Å². The van der Waals surface area contributed by atoms with Crippen LogP contribution in [0.3, 0.4) is 0 Å². The molecule has 0 saturated carbocycles. The van der Waals surface area contributed by atoms with Crippen LogP contribution in [0, 0.1) is 11.8 Å². The number of hydrogen-bond acceptors (Lipinski definition) is 6. The molecule has 0 aliphatic carbocycles. The monoisotopic (exact) mass is 617 g/mol. The molecule has 1 heterocycles. The molecule has 1 aliphatic rings. The molecule has 1 saturated heterocycles. The molecule has 0 radical (unpaired) electrons. The number of nitrogens with two attached hydrogens (primary N) is 1. The Morgan fingerprint density at radius 3 is 1.91 bits per heavy atom. The van der Waals surface area contributed by atoms with E-state index in [1.54, 1.807) is 38.1 Å². The Balaban J connectivity index is 1.65. The number of anilines is 1. The summed E-state index contributed by atoms with van der Waals surface area (Å²) in [4.78, 5) is 65.3. The third-order valence-electron chi connectivity index (χ3n) is 7.43. The van der Waals surface area contributed by atoms with Crippen molar-refractivity contribution in [1.29, 1.82) is 0 Å². The summed E-state index contributed by atoms with van der Waals surface area (Å²) in [5, 5.41) is 7.67. The highest BCUT2D eigenvalue weighted by molar-refractivity contribution is 6.00. The quantitative estimate of drug-likeness (QED) is 0.285. The number of nitrogen functional groups attached to an aromatic ring is 1. The molecule has 1 fully saturated rings. The lowest BCUT2D eigenvalue weighted by atomic mass is 9.98. The number of amides is 4. The highest BCUT2D eigenvalue weighted by Gasteiger charge is 2.46. The summed E-state index contributed by atoms with van der Waals surface area (Å²) in [7, 11) is 0. The Hall–Kier alpha value is -4.42. The predicted octanol–water partition coefficient (Wildman–Crippen LogP) is 3.22. The molecular weight excluding hydrogens is 579 g/mol. The fraction of sp³-hybridized carbons (Fsp3) is 0.452. The lowest BCUT2D eigenvalue weighted by Crippen LogP contribution is -2.58. The van der Waals surface area contributed by atoms with Gasteiger partial charge < -0.3 is 26.6 Å². The standard InChI is InChI=1S/C31H38F3N5O5/c1-17(2)24(26(40)31(32,33)34)37-29(43)23-6-5-15-39(23)30(44)25(18(3)4)38-28(42)21-11-9-20(10-12-21)27(41)36-16-19-7-13-22(35)14-8-19/h7-14,17-18,23-25H,5-6,15-16,35H2,1-4H3,(H,36,41)(H,37,43)(H,38,42)/t23-,24?,25-/m0/s1. The fourth-order valence-corrected chi connectivity index (χ4v) is 4.87. The van der Waals surface area contributed by atoms with E-state index in [0.717, 1.165) is 5.56 Å². The van der Waals surface area contributed by atoms with Crippen molar-refractivity contribution in [2.75, 3.05) is 12.3 Å². The summed E-state index contributed by atoms with van der Waals surface area (Å²) in [6.45, 7) is 6.63. The molecular formula is C31H38F3N5O5. The molecule has 44 heavy (non-hydrogen) atoms. The summed E-state index contributed by atoms with van der Waals surface area (Å²) >= 11 is 0. The van der Waals surface area contributed by atoms with Gasteiger partial charge in [0.25, 0.3) is 17.6 Å². The zero-order chi connectivity index (χ0) is 32.8. The summed E-state index contributed by atoms with van der Waals surface area (Å²) in [6.07, 6.45) is -4.51. The smallest absolute Gasteiger partial charge is 0.399 e. The number of halogens is 3. The Bertz CT molecular complexity index is 1360. The number of hydrogen-bond donors (Lipinski definition) is 4. The van der Waals surface area contributed by atoms with Crippen molar-refractivity contribution in [2.24, 2.45) is 11.8 Å². The second kappa shape index (κ2) is 14.4. The third kappa shape index (κ3) is 8.57. The summed E-state index contributed by atoms with van der Waals surface area (Å²) in [6, 6.07) is 8.98. The van der Waals surface area contributed by atoms with Crippen LogP contribution in [0.25, 0.3) is 0 Å². The lowest BCUT2D eigenvalue weighted by molar-refractivity contribution is -0.175. The van der Waals surface area contributed by atoms with E-state index in [4.69, 9.17) is 5.73 Å². The molecule has 3 atom stereocenters. The highest BCUT2D eigenvalue weighted by Crippen LogP contribution is 2.24. The van der Waals surface area contributed by atoms with Crippen LogP contribution < -0.4 is 21.7 Å². The van der Waals surface area contributed by atoms with Crippen molar-refractivity contribution in [2.45, 2.75) is 71.4 Å². The number of carbonyl (C=O) groups excluding carboxylic acids is 5. The number of Topliss-reactive ketones (excluding diaryl/α,β-unsaturated/α-hetero) is 1. The average molecular weight is 618 g/mol. The largest absolute Gasteiger partial charge is 0.452 e. The van der Waals surface area contributed by atoms with E-state index < -0.39 is 59.6 Å². The number of nitrogens with one attached hydrogen (secondary N) is 3. The zero-order valence-corrected chi connectivity index (χ0v) is 25.0. The molecule has 2 aromatic rings. The van der Waals surface area contributed by atoms with Crippen LogP contribution in [0.2, 0.25) is 0 Å². The van der Waals surface area contributed by atoms with Crippen LogP contribution in [0.15, 0.2) is 48.5 Å². The summed E-state index contributed by atoms with van der Waals surface area (Å²) < 4.78 is 39.3. The summed E-state index contributed by atoms with van der Waals surface area (Å²) in [5.41, 5.74) is 7.66. The van der Waals surface area contributed by atoms with E-state index in [1.165, 1.54) is 43.0 Å². The van der Waals surface area contributed by atoms with Gasteiger partial charge in [-0.1, -0.05) is 39.8 Å². The number of nitrogens with zero attached hydrogens (tertiary/aromatic N) is 1. The average Bonchev–Trinajstić information content (AvgIpc) is 3.47. The van der Waals surface area contributed by atoms with Crippen molar-refractivity contribution in [3.05, 3.63) is 65.2 Å². The van der Waals surface area contributed by atoms with E-state index in [9.17, 15) is 37.1 Å². The highest BCUT2D eigenvalue weighted by atomic mass is 19.4. The van der Waals surface area contributed by atoms with Crippen molar-refractivity contribution in [3.8, 4) is 0 Å². The predicted molar refractivity (Wildman–Crippen MR) is 157 cm³/mol. The van der Waals surface area contributed by atoms with Gasteiger partial charge in [-0.05, 0) is 66.6 Å². The molecule has 5 N–H and O–H groups in total.